The van der Waals surface area contributed by atoms with Crippen LogP contribution in [0.15, 0.2) is 5.38 Å². The van der Waals surface area contributed by atoms with Crippen LogP contribution in [0.4, 0.5) is 0 Å². The smallest absolute Gasteiger partial charge is 0.270 e. The van der Waals surface area contributed by atoms with E-state index in [4.69, 9.17) is 5.73 Å². The monoisotopic (exact) mass is 382 g/mol. The molecule has 2 rings (SSSR count). The lowest BCUT2D eigenvalue weighted by Crippen LogP contribution is -2.35. The molecule has 134 valence electrons. The van der Waals surface area contributed by atoms with Crippen molar-refractivity contribution < 1.29 is 4.79 Å². The van der Waals surface area contributed by atoms with Gasteiger partial charge in [0.1, 0.15) is 5.69 Å². The SMILES string of the molecule is CCN1CCC(CCNC(=O)c2csc(CCN)n2)CC1.Cl.Cl. The van der Waals surface area contributed by atoms with Crippen molar-refractivity contribution in [3.8, 4) is 0 Å². The van der Waals surface area contributed by atoms with Gasteiger partial charge in [0.2, 0.25) is 0 Å². The highest BCUT2D eigenvalue weighted by Crippen LogP contribution is 2.19. The van der Waals surface area contributed by atoms with Gasteiger partial charge in [0.05, 0.1) is 5.01 Å². The Morgan fingerprint density at radius 1 is 1.43 bits per heavy atom. The maximum absolute atomic E-state index is 12.0. The van der Waals surface area contributed by atoms with E-state index in [-0.39, 0.29) is 30.7 Å². The second-order valence-corrected chi connectivity index (χ2v) is 6.53. The minimum atomic E-state index is -0.0551. The third kappa shape index (κ3) is 7.35. The van der Waals surface area contributed by atoms with Gasteiger partial charge in [0.15, 0.2) is 0 Å². The molecule has 0 aromatic carbocycles. The van der Waals surface area contributed by atoms with Crippen LogP contribution in [0.1, 0.15) is 41.7 Å². The molecule has 5 nitrogen and oxygen atoms in total. The molecule has 0 spiro atoms. The molecule has 1 aromatic heterocycles. The fourth-order valence-corrected chi connectivity index (χ4v) is 3.52. The first-order valence-electron chi connectivity index (χ1n) is 7.88. The molecule has 0 aliphatic carbocycles. The van der Waals surface area contributed by atoms with E-state index in [0.717, 1.165) is 36.9 Å². The Hall–Kier alpha value is -0.400. The van der Waals surface area contributed by atoms with Crippen LogP contribution >= 0.6 is 36.2 Å². The number of halogens is 2. The zero-order chi connectivity index (χ0) is 15.1. The summed E-state index contributed by atoms with van der Waals surface area (Å²) >= 11 is 1.51. The van der Waals surface area contributed by atoms with Crippen LogP contribution in [0.2, 0.25) is 0 Å². The van der Waals surface area contributed by atoms with E-state index in [1.165, 1.54) is 37.3 Å². The maximum atomic E-state index is 12.0. The molecule has 1 fully saturated rings. The van der Waals surface area contributed by atoms with Crippen LogP contribution in [-0.2, 0) is 6.42 Å². The number of likely N-dealkylation sites (tertiary alicyclic amines) is 1. The van der Waals surface area contributed by atoms with E-state index in [0.29, 0.717) is 12.2 Å². The molecule has 0 radical (unpaired) electrons. The van der Waals surface area contributed by atoms with Crippen molar-refractivity contribution in [3.63, 3.8) is 0 Å². The summed E-state index contributed by atoms with van der Waals surface area (Å²) in [6.45, 7) is 7.09. The number of nitrogens with two attached hydrogens (primary N) is 1. The van der Waals surface area contributed by atoms with Gasteiger partial charge in [0, 0.05) is 18.3 Å². The number of carbonyl (C=O) groups is 1. The van der Waals surface area contributed by atoms with E-state index in [1.54, 1.807) is 0 Å². The zero-order valence-corrected chi connectivity index (χ0v) is 16.1. The first-order valence-corrected chi connectivity index (χ1v) is 8.76. The Balaban J connectivity index is 0.00000242. The number of hydrogen-bond donors (Lipinski definition) is 2. The number of rotatable bonds is 7. The molecular formula is C15H28Cl2N4OS. The summed E-state index contributed by atoms with van der Waals surface area (Å²) in [6, 6.07) is 0. The van der Waals surface area contributed by atoms with E-state index < -0.39 is 0 Å². The molecular weight excluding hydrogens is 355 g/mol. The molecule has 0 atom stereocenters. The van der Waals surface area contributed by atoms with Crippen LogP contribution in [0.5, 0.6) is 0 Å². The normalized spacial score (nSPS) is 15.6. The van der Waals surface area contributed by atoms with Crippen molar-refractivity contribution >= 4 is 42.1 Å². The van der Waals surface area contributed by atoms with Gasteiger partial charge < -0.3 is 16.0 Å². The summed E-state index contributed by atoms with van der Waals surface area (Å²) in [5.74, 6) is 0.692. The highest BCUT2D eigenvalue weighted by molar-refractivity contribution is 7.09. The zero-order valence-electron chi connectivity index (χ0n) is 13.6. The quantitative estimate of drug-likeness (QED) is 0.758. The van der Waals surface area contributed by atoms with Gasteiger partial charge >= 0.3 is 0 Å². The van der Waals surface area contributed by atoms with Gasteiger partial charge in [-0.15, -0.1) is 36.2 Å². The minimum absolute atomic E-state index is 0. The van der Waals surface area contributed by atoms with Crippen LogP contribution in [0.25, 0.3) is 0 Å². The molecule has 1 aromatic rings. The van der Waals surface area contributed by atoms with Gasteiger partial charge in [0.25, 0.3) is 5.91 Å². The number of piperidine rings is 1. The summed E-state index contributed by atoms with van der Waals surface area (Å²) < 4.78 is 0. The van der Waals surface area contributed by atoms with Gasteiger partial charge in [-0.3, -0.25) is 4.79 Å². The van der Waals surface area contributed by atoms with Crippen molar-refractivity contribution in [3.05, 3.63) is 16.1 Å². The van der Waals surface area contributed by atoms with Gasteiger partial charge in [-0.2, -0.15) is 0 Å². The molecule has 23 heavy (non-hydrogen) atoms. The van der Waals surface area contributed by atoms with E-state index in [2.05, 4.69) is 22.1 Å². The predicted octanol–water partition coefficient (Wildman–Crippen LogP) is 2.34. The van der Waals surface area contributed by atoms with Crippen molar-refractivity contribution in [2.24, 2.45) is 11.7 Å². The maximum Gasteiger partial charge on any atom is 0.270 e. The number of thiazole rings is 1. The largest absolute Gasteiger partial charge is 0.351 e. The fourth-order valence-electron chi connectivity index (χ4n) is 2.73. The second kappa shape index (κ2) is 12.0. The number of aromatic nitrogens is 1. The average molecular weight is 383 g/mol. The molecule has 8 heteroatoms. The Morgan fingerprint density at radius 3 is 2.74 bits per heavy atom. The minimum Gasteiger partial charge on any atom is -0.351 e. The molecule has 1 saturated heterocycles. The van der Waals surface area contributed by atoms with E-state index in [1.807, 2.05) is 5.38 Å². The standard InChI is InChI=1S/C15H26N4OS.2ClH/c1-2-19-9-5-12(6-10-19)4-8-17-15(20)13-11-21-14(18-13)3-7-16;;/h11-12H,2-10,16H2,1H3,(H,17,20);2*1H. The summed E-state index contributed by atoms with van der Waals surface area (Å²) in [5.41, 5.74) is 6.02. The van der Waals surface area contributed by atoms with E-state index in [9.17, 15) is 4.79 Å². The lowest BCUT2D eigenvalue weighted by molar-refractivity contribution is 0.0944. The molecule has 0 unspecified atom stereocenters. The second-order valence-electron chi connectivity index (χ2n) is 5.59. The highest BCUT2D eigenvalue weighted by Gasteiger charge is 2.18. The topological polar surface area (TPSA) is 71.2 Å². The van der Waals surface area contributed by atoms with Crippen LogP contribution in [-0.4, -0.2) is 48.5 Å². The molecule has 1 aliphatic heterocycles. The molecule has 0 saturated carbocycles. The Kier molecular flexibility index (Phi) is 11.8. The third-order valence-electron chi connectivity index (χ3n) is 4.14. The van der Waals surface area contributed by atoms with E-state index >= 15 is 0 Å². The molecule has 1 aliphatic rings. The highest BCUT2D eigenvalue weighted by atomic mass is 35.5. The molecule has 0 bridgehead atoms. The summed E-state index contributed by atoms with van der Waals surface area (Å²) in [6.07, 6.45) is 4.32. The van der Waals surface area contributed by atoms with Crippen molar-refractivity contribution in [2.45, 2.75) is 32.6 Å². The number of nitrogens with zero attached hydrogens (tertiary/aromatic N) is 2. The lowest BCUT2D eigenvalue weighted by Gasteiger charge is -2.30. The Bertz CT molecular complexity index is 450. The van der Waals surface area contributed by atoms with Gasteiger partial charge in [-0.25, -0.2) is 4.98 Å². The van der Waals surface area contributed by atoms with Gasteiger partial charge in [-0.1, -0.05) is 6.92 Å². The Morgan fingerprint density at radius 2 is 2.13 bits per heavy atom. The van der Waals surface area contributed by atoms with Crippen molar-refractivity contribution in [2.75, 3.05) is 32.7 Å². The first-order chi connectivity index (χ1) is 10.2. The average Bonchev–Trinajstić information content (AvgIpc) is 2.97. The third-order valence-corrected chi connectivity index (χ3v) is 5.04. The predicted molar refractivity (Wildman–Crippen MR) is 101 cm³/mol. The number of hydrogen-bond acceptors (Lipinski definition) is 5. The number of amides is 1. The Labute approximate surface area is 155 Å². The van der Waals surface area contributed by atoms with Crippen molar-refractivity contribution in [1.82, 2.24) is 15.2 Å². The fraction of sp³-hybridized carbons (Fsp3) is 0.733. The van der Waals surface area contributed by atoms with Crippen LogP contribution in [0.3, 0.4) is 0 Å². The molecule has 1 amide bonds. The molecule has 2 heterocycles. The molecule has 3 N–H and O–H groups in total. The van der Waals surface area contributed by atoms with Crippen molar-refractivity contribution in [1.29, 1.82) is 0 Å². The van der Waals surface area contributed by atoms with Gasteiger partial charge in [-0.05, 0) is 51.4 Å². The summed E-state index contributed by atoms with van der Waals surface area (Å²) in [4.78, 5) is 18.8. The number of carbonyl (C=O) groups excluding carboxylic acids is 1. The number of nitrogens with one attached hydrogen (secondary N) is 1. The summed E-state index contributed by atoms with van der Waals surface area (Å²) in [5, 5.41) is 5.75. The summed E-state index contributed by atoms with van der Waals surface area (Å²) in [7, 11) is 0. The lowest BCUT2D eigenvalue weighted by atomic mass is 9.93. The first kappa shape index (κ1) is 22.6. The van der Waals surface area contributed by atoms with Crippen LogP contribution < -0.4 is 11.1 Å². The van der Waals surface area contributed by atoms with Crippen LogP contribution in [0, 0.1) is 5.92 Å².